The Kier molecular flexibility index (Phi) is 25.1. The average molecular weight is 751 g/mol. The first-order valence-corrected chi connectivity index (χ1v) is 18.9. The SMILES string of the molecule is O=C1CCCC(=O)C1.O=C1CCCC(=O)C1.O=C1CCCC(=O)C1.O=C1CCCC(=O)C1.O=C1CCCC(=O)C1.O=C1CCCC(=O)C1.c1ccccc1. The van der Waals surface area contributed by atoms with E-state index >= 15 is 0 Å². The smallest absolute Gasteiger partial charge is 0.140 e. The van der Waals surface area contributed by atoms with E-state index in [0.717, 1.165) is 38.5 Å². The largest absolute Gasteiger partial charge is 0.299 e. The third-order valence-electron chi connectivity index (χ3n) is 8.50. The molecule has 12 nitrogen and oxygen atoms in total. The van der Waals surface area contributed by atoms with Crippen molar-refractivity contribution in [3.63, 3.8) is 0 Å². The number of carbonyl (C=O) groups excluding carboxylic acids is 12. The van der Waals surface area contributed by atoms with Crippen molar-refractivity contribution in [2.45, 2.75) is 154 Å². The fourth-order valence-electron chi connectivity index (χ4n) is 5.66. The predicted octanol–water partition coefficient (Wildman–Crippen LogP) is 5.88. The number of Topliss-reactive ketones (excluding diaryl/α,β-unsaturated/α-hetero) is 12. The van der Waals surface area contributed by atoms with Crippen LogP contribution in [0.5, 0.6) is 0 Å². The average Bonchev–Trinajstić information content (AvgIpc) is 3.10. The Bertz CT molecular complexity index is 1130. The van der Waals surface area contributed by atoms with Crippen molar-refractivity contribution in [2.75, 3.05) is 0 Å². The van der Waals surface area contributed by atoms with Gasteiger partial charge in [0.1, 0.15) is 69.4 Å². The number of hydrogen-bond donors (Lipinski definition) is 0. The van der Waals surface area contributed by atoms with Gasteiger partial charge in [-0.1, -0.05) is 36.4 Å². The van der Waals surface area contributed by atoms with Gasteiger partial charge in [0.25, 0.3) is 0 Å². The molecule has 12 heteroatoms. The summed E-state index contributed by atoms with van der Waals surface area (Å²) in [6.07, 6.45) is 13.2. The van der Waals surface area contributed by atoms with Gasteiger partial charge >= 0.3 is 0 Å². The summed E-state index contributed by atoms with van der Waals surface area (Å²) >= 11 is 0. The molecule has 294 valence electrons. The number of rotatable bonds is 0. The highest BCUT2D eigenvalue weighted by Crippen LogP contribution is 2.12. The van der Waals surface area contributed by atoms with E-state index in [2.05, 4.69) is 0 Å². The van der Waals surface area contributed by atoms with Crippen molar-refractivity contribution >= 4 is 69.4 Å². The van der Waals surface area contributed by atoms with Crippen LogP contribution in [0.2, 0.25) is 0 Å². The topological polar surface area (TPSA) is 205 Å². The van der Waals surface area contributed by atoms with Gasteiger partial charge in [-0.15, -0.1) is 0 Å². The molecule has 0 aliphatic heterocycles. The molecular weight excluding hydrogens is 696 g/mol. The van der Waals surface area contributed by atoms with Gasteiger partial charge in [-0.25, -0.2) is 0 Å². The highest BCUT2D eigenvalue weighted by atomic mass is 16.2. The van der Waals surface area contributed by atoms with E-state index in [0.29, 0.717) is 77.0 Å². The van der Waals surface area contributed by atoms with Crippen molar-refractivity contribution < 1.29 is 57.5 Å². The minimum Gasteiger partial charge on any atom is -0.299 e. The maximum absolute atomic E-state index is 10.5. The quantitative estimate of drug-likeness (QED) is 0.285. The van der Waals surface area contributed by atoms with Crippen molar-refractivity contribution in [3.8, 4) is 0 Å². The summed E-state index contributed by atoms with van der Waals surface area (Å²) in [5.41, 5.74) is 0. The second-order valence-electron chi connectivity index (χ2n) is 13.8. The van der Waals surface area contributed by atoms with E-state index in [4.69, 9.17) is 0 Å². The van der Waals surface area contributed by atoms with Crippen LogP contribution >= 0.6 is 0 Å². The first-order valence-electron chi connectivity index (χ1n) is 18.9. The lowest BCUT2D eigenvalue weighted by atomic mass is 9.98. The van der Waals surface area contributed by atoms with Crippen molar-refractivity contribution in [3.05, 3.63) is 36.4 Å². The summed E-state index contributed by atoms with van der Waals surface area (Å²) in [4.78, 5) is 125. The molecule has 7 rings (SSSR count). The predicted molar refractivity (Wildman–Crippen MR) is 197 cm³/mol. The molecule has 0 saturated heterocycles. The minimum absolute atomic E-state index is 0.112. The molecule has 0 unspecified atom stereocenters. The first-order chi connectivity index (χ1) is 25.7. The third kappa shape index (κ3) is 26.9. The molecule has 6 fully saturated rings. The highest BCUT2D eigenvalue weighted by molar-refractivity contribution is 6.03. The van der Waals surface area contributed by atoms with E-state index in [1.165, 1.54) is 0 Å². The Morgan fingerprint density at radius 3 is 0.333 bits per heavy atom. The van der Waals surface area contributed by atoms with Gasteiger partial charge in [0.15, 0.2) is 0 Å². The van der Waals surface area contributed by atoms with E-state index in [1.54, 1.807) is 0 Å². The maximum atomic E-state index is 10.5. The van der Waals surface area contributed by atoms with Crippen LogP contribution in [0.25, 0.3) is 0 Å². The Balaban J connectivity index is 0.000000315. The lowest BCUT2D eigenvalue weighted by Gasteiger charge is -2.04. The molecule has 0 spiro atoms. The molecule has 6 saturated carbocycles. The van der Waals surface area contributed by atoms with Crippen LogP contribution in [0, 0.1) is 0 Å². The van der Waals surface area contributed by atoms with Crippen molar-refractivity contribution in [2.24, 2.45) is 0 Å². The summed E-state index contributed by atoms with van der Waals surface area (Å²) in [7, 11) is 0. The fourth-order valence-corrected chi connectivity index (χ4v) is 5.66. The Morgan fingerprint density at radius 2 is 0.278 bits per heavy atom. The van der Waals surface area contributed by atoms with Crippen LogP contribution in [-0.2, 0) is 57.5 Å². The molecule has 1 aromatic rings. The van der Waals surface area contributed by atoms with Gasteiger partial charge < -0.3 is 0 Å². The Labute approximate surface area is 317 Å². The number of hydrogen-bond acceptors (Lipinski definition) is 12. The summed E-state index contributed by atoms with van der Waals surface area (Å²) in [6, 6.07) is 12.0. The van der Waals surface area contributed by atoms with Gasteiger partial charge in [0.2, 0.25) is 0 Å². The molecule has 0 N–H and O–H groups in total. The van der Waals surface area contributed by atoms with Crippen LogP contribution < -0.4 is 0 Å². The zero-order valence-electron chi connectivity index (χ0n) is 31.3. The number of ketones is 12. The molecule has 0 aromatic heterocycles. The van der Waals surface area contributed by atoms with Gasteiger partial charge in [-0.2, -0.15) is 0 Å². The summed E-state index contributed by atoms with van der Waals surface area (Å²) < 4.78 is 0. The summed E-state index contributed by atoms with van der Waals surface area (Å²) in [5, 5.41) is 0. The van der Waals surface area contributed by atoms with Gasteiger partial charge in [-0.05, 0) is 38.5 Å². The first kappa shape index (κ1) is 47.3. The zero-order valence-corrected chi connectivity index (χ0v) is 31.3. The van der Waals surface area contributed by atoms with Crippen molar-refractivity contribution in [1.82, 2.24) is 0 Å². The second-order valence-corrected chi connectivity index (χ2v) is 13.8. The normalized spacial score (nSPS) is 20.0. The van der Waals surface area contributed by atoms with Crippen molar-refractivity contribution in [1.29, 1.82) is 0 Å². The summed E-state index contributed by atoms with van der Waals surface area (Å²) in [6.45, 7) is 0. The molecule has 0 heterocycles. The van der Waals surface area contributed by atoms with Crippen LogP contribution in [0.3, 0.4) is 0 Å². The van der Waals surface area contributed by atoms with E-state index < -0.39 is 0 Å². The number of benzene rings is 1. The molecule has 6 aliphatic rings. The molecule has 0 radical (unpaired) electrons. The second kappa shape index (κ2) is 28.7. The molecule has 0 amide bonds. The Hall–Kier alpha value is -4.74. The lowest BCUT2D eigenvalue weighted by Crippen LogP contribution is -2.13. The van der Waals surface area contributed by atoms with Crippen LogP contribution in [0.15, 0.2) is 36.4 Å². The molecule has 6 aliphatic carbocycles. The monoisotopic (exact) mass is 750 g/mol. The Morgan fingerprint density at radius 1 is 0.185 bits per heavy atom. The maximum Gasteiger partial charge on any atom is 0.140 e. The molecule has 54 heavy (non-hydrogen) atoms. The molecule has 0 bridgehead atoms. The van der Waals surface area contributed by atoms with Crippen LogP contribution in [0.1, 0.15) is 154 Å². The van der Waals surface area contributed by atoms with E-state index in [9.17, 15) is 57.5 Å². The van der Waals surface area contributed by atoms with E-state index in [-0.39, 0.29) is 108 Å². The zero-order chi connectivity index (χ0) is 40.1. The molecule has 1 aromatic carbocycles. The van der Waals surface area contributed by atoms with Crippen LogP contribution in [0.4, 0.5) is 0 Å². The van der Waals surface area contributed by atoms with Crippen LogP contribution in [-0.4, -0.2) is 69.4 Å². The molecular formula is C42H54O12. The van der Waals surface area contributed by atoms with Gasteiger partial charge in [0.05, 0.1) is 38.5 Å². The third-order valence-corrected chi connectivity index (χ3v) is 8.50. The highest BCUT2D eigenvalue weighted by Gasteiger charge is 2.18. The molecule has 0 atom stereocenters. The lowest BCUT2D eigenvalue weighted by molar-refractivity contribution is -0.131. The fraction of sp³-hybridized carbons (Fsp3) is 0.571. The van der Waals surface area contributed by atoms with Gasteiger partial charge in [-0.3, -0.25) is 57.5 Å². The standard InChI is InChI=1S/6C6H8O2.C6H6/c6*7-5-2-1-3-6(8)4-5;1-2-4-6-5-3-1/h6*1-4H2;1-6H. The van der Waals surface area contributed by atoms with E-state index in [1.807, 2.05) is 36.4 Å². The minimum atomic E-state index is 0.112. The summed E-state index contributed by atoms with van der Waals surface area (Å²) in [5.74, 6) is 1.35. The number of carbonyl (C=O) groups is 12. The van der Waals surface area contributed by atoms with Gasteiger partial charge in [0, 0.05) is 77.0 Å².